The van der Waals surface area contributed by atoms with Crippen molar-refractivity contribution in [2.75, 3.05) is 6.54 Å². The first-order valence-electron chi connectivity index (χ1n) is 5.64. The van der Waals surface area contributed by atoms with E-state index in [2.05, 4.69) is 11.4 Å². The van der Waals surface area contributed by atoms with Crippen LogP contribution in [0.3, 0.4) is 0 Å². The van der Waals surface area contributed by atoms with E-state index in [0.29, 0.717) is 17.9 Å². The second kappa shape index (κ2) is 4.98. The minimum atomic E-state index is -0.771. The van der Waals surface area contributed by atoms with E-state index >= 15 is 0 Å². The molecule has 1 aromatic carbocycles. The lowest BCUT2D eigenvalue weighted by molar-refractivity contribution is -0.139. The molecule has 0 amide bonds. The van der Waals surface area contributed by atoms with Crippen LogP contribution in [0.15, 0.2) is 24.3 Å². The first-order valence-corrected chi connectivity index (χ1v) is 5.64. The van der Waals surface area contributed by atoms with Crippen molar-refractivity contribution < 1.29 is 9.90 Å². The fourth-order valence-electron chi connectivity index (χ4n) is 2.20. The number of nitrogens with zero attached hydrogens (tertiary/aromatic N) is 1. The molecule has 0 saturated carbocycles. The molecule has 88 valence electrons. The van der Waals surface area contributed by atoms with Gasteiger partial charge in [0.05, 0.1) is 11.6 Å². The predicted octanol–water partition coefficient (Wildman–Crippen LogP) is 1.16. The Hall–Kier alpha value is -1.86. The number of hydrogen-bond acceptors (Lipinski definition) is 3. The number of nitriles is 1. The van der Waals surface area contributed by atoms with Crippen molar-refractivity contribution in [3.05, 3.63) is 35.4 Å². The quantitative estimate of drug-likeness (QED) is 0.817. The molecule has 1 fully saturated rings. The Morgan fingerprint density at radius 2 is 2.18 bits per heavy atom. The normalized spacial score (nSPS) is 23.2. The van der Waals surface area contributed by atoms with E-state index in [1.165, 1.54) is 0 Å². The fourth-order valence-corrected chi connectivity index (χ4v) is 2.20. The zero-order valence-corrected chi connectivity index (χ0v) is 9.39. The summed E-state index contributed by atoms with van der Waals surface area (Å²) in [7, 11) is 0. The van der Waals surface area contributed by atoms with Crippen LogP contribution in [0.2, 0.25) is 0 Å². The molecule has 1 saturated heterocycles. The van der Waals surface area contributed by atoms with E-state index in [-0.39, 0.29) is 0 Å². The number of carboxylic acid groups (broad SMARTS) is 1. The fraction of sp³-hybridized carbons (Fsp3) is 0.385. The van der Waals surface area contributed by atoms with Crippen molar-refractivity contribution in [1.82, 2.24) is 5.32 Å². The van der Waals surface area contributed by atoms with Gasteiger partial charge in [-0.15, -0.1) is 0 Å². The number of benzene rings is 1. The predicted molar refractivity (Wildman–Crippen MR) is 62.4 cm³/mol. The molecule has 0 radical (unpaired) electrons. The van der Waals surface area contributed by atoms with Gasteiger partial charge in [-0.25, -0.2) is 0 Å². The number of carboxylic acids is 1. The van der Waals surface area contributed by atoms with Crippen LogP contribution < -0.4 is 5.32 Å². The van der Waals surface area contributed by atoms with Gasteiger partial charge in [0.1, 0.15) is 6.04 Å². The van der Waals surface area contributed by atoms with Gasteiger partial charge in [-0.3, -0.25) is 4.79 Å². The highest BCUT2D eigenvalue weighted by molar-refractivity contribution is 5.73. The Balaban J connectivity index is 1.94. The molecule has 1 aromatic rings. The largest absolute Gasteiger partial charge is 0.480 e. The van der Waals surface area contributed by atoms with Crippen LogP contribution in [0.1, 0.15) is 17.5 Å². The van der Waals surface area contributed by atoms with Crippen LogP contribution in [-0.4, -0.2) is 23.7 Å². The lowest BCUT2D eigenvalue weighted by atomic mass is 9.96. The molecule has 17 heavy (non-hydrogen) atoms. The van der Waals surface area contributed by atoms with Gasteiger partial charge < -0.3 is 10.4 Å². The summed E-state index contributed by atoms with van der Waals surface area (Å²) in [4.78, 5) is 10.8. The molecule has 0 spiro atoms. The van der Waals surface area contributed by atoms with Crippen molar-refractivity contribution in [2.24, 2.45) is 5.92 Å². The number of rotatable bonds is 3. The third-order valence-corrected chi connectivity index (χ3v) is 3.13. The lowest BCUT2D eigenvalue weighted by Gasteiger charge is -2.08. The van der Waals surface area contributed by atoms with E-state index in [1.807, 2.05) is 12.1 Å². The van der Waals surface area contributed by atoms with Gasteiger partial charge in [0.25, 0.3) is 0 Å². The second-order valence-electron chi connectivity index (χ2n) is 4.41. The highest BCUT2D eigenvalue weighted by atomic mass is 16.4. The highest BCUT2D eigenvalue weighted by Crippen LogP contribution is 2.19. The van der Waals surface area contributed by atoms with E-state index in [9.17, 15) is 4.79 Å². The molecule has 2 unspecified atom stereocenters. The lowest BCUT2D eigenvalue weighted by Crippen LogP contribution is -2.29. The van der Waals surface area contributed by atoms with Gasteiger partial charge in [0.15, 0.2) is 0 Å². The summed E-state index contributed by atoms with van der Waals surface area (Å²) in [6.45, 7) is 0.747. The van der Waals surface area contributed by atoms with Crippen LogP contribution in [0, 0.1) is 17.2 Å². The Bertz CT molecular complexity index is 447. The summed E-state index contributed by atoms with van der Waals surface area (Å²) in [5, 5.41) is 20.5. The Morgan fingerprint density at radius 1 is 1.47 bits per heavy atom. The number of nitrogens with one attached hydrogen (secondary N) is 1. The van der Waals surface area contributed by atoms with Gasteiger partial charge in [-0.2, -0.15) is 5.26 Å². The van der Waals surface area contributed by atoms with Crippen LogP contribution >= 0.6 is 0 Å². The van der Waals surface area contributed by atoms with Crippen LogP contribution in [0.5, 0.6) is 0 Å². The molecule has 1 heterocycles. The van der Waals surface area contributed by atoms with Gasteiger partial charge in [0, 0.05) is 0 Å². The van der Waals surface area contributed by atoms with Crippen molar-refractivity contribution in [2.45, 2.75) is 18.9 Å². The molecule has 2 atom stereocenters. The highest BCUT2D eigenvalue weighted by Gasteiger charge is 2.28. The van der Waals surface area contributed by atoms with E-state index in [4.69, 9.17) is 10.4 Å². The molecule has 0 aliphatic carbocycles. The minimum Gasteiger partial charge on any atom is -0.480 e. The first kappa shape index (κ1) is 11.6. The number of aliphatic carboxylic acids is 1. The third kappa shape index (κ3) is 2.83. The Labute approximate surface area is 99.9 Å². The van der Waals surface area contributed by atoms with Gasteiger partial charge in [0.2, 0.25) is 0 Å². The topological polar surface area (TPSA) is 73.1 Å². The average molecular weight is 230 g/mol. The van der Waals surface area contributed by atoms with Crippen molar-refractivity contribution in [3.63, 3.8) is 0 Å². The SMILES string of the molecule is N#Cc1ccc(CC2CNC(C(=O)O)C2)cc1. The van der Waals surface area contributed by atoms with Crippen LogP contribution in [0.25, 0.3) is 0 Å². The zero-order chi connectivity index (χ0) is 12.3. The third-order valence-electron chi connectivity index (χ3n) is 3.13. The molecule has 2 rings (SSSR count). The summed E-state index contributed by atoms with van der Waals surface area (Å²) in [5.41, 5.74) is 1.81. The smallest absolute Gasteiger partial charge is 0.320 e. The average Bonchev–Trinajstić information content (AvgIpc) is 2.79. The minimum absolute atomic E-state index is 0.365. The molecule has 4 nitrogen and oxygen atoms in total. The maximum absolute atomic E-state index is 10.8. The maximum atomic E-state index is 10.8. The summed E-state index contributed by atoms with van der Waals surface area (Å²) in [5.74, 6) is -0.406. The van der Waals surface area contributed by atoms with Crippen molar-refractivity contribution in [1.29, 1.82) is 5.26 Å². The maximum Gasteiger partial charge on any atom is 0.320 e. The Kier molecular flexibility index (Phi) is 3.40. The molecule has 0 bridgehead atoms. The zero-order valence-electron chi connectivity index (χ0n) is 9.39. The molecular weight excluding hydrogens is 216 g/mol. The van der Waals surface area contributed by atoms with E-state index in [0.717, 1.165) is 18.5 Å². The summed E-state index contributed by atoms with van der Waals surface area (Å²) < 4.78 is 0. The van der Waals surface area contributed by atoms with Gasteiger partial charge in [-0.1, -0.05) is 12.1 Å². The summed E-state index contributed by atoms with van der Waals surface area (Å²) >= 11 is 0. The van der Waals surface area contributed by atoms with Gasteiger partial charge in [-0.05, 0) is 43.0 Å². The van der Waals surface area contributed by atoms with E-state index in [1.54, 1.807) is 12.1 Å². The molecule has 0 aromatic heterocycles. The summed E-state index contributed by atoms with van der Waals surface area (Å²) in [6, 6.07) is 9.15. The molecule has 1 aliphatic heterocycles. The van der Waals surface area contributed by atoms with Crippen molar-refractivity contribution in [3.8, 4) is 6.07 Å². The monoisotopic (exact) mass is 230 g/mol. The summed E-state index contributed by atoms with van der Waals surface area (Å²) in [6.07, 6.45) is 1.54. The molecule has 1 aliphatic rings. The van der Waals surface area contributed by atoms with Crippen LogP contribution in [0.4, 0.5) is 0 Å². The molecule has 2 N–H and O–H groups in total. The number of hydrogen-bond donors (Lipinski definition) is 2. The van der Waals surface area contributed by atoms with Gasteiger partial charge >= 0.3 is 5.97 Å². The Morgan fingerprint density at radius 3 is 2.71 bits per heavy atom. The standard InChI is InChI=1S/C13H14N2O2/c14-7-10-3-1-9(2-4-10)5-11-6-12(13(16)17)15-8-11/h1-4,11-12,15H,5-6,8H2,(H,16,17). The second-order valence-corrected chi connectivity index (χ2v) is 4.41. The molecular formula is C13H14N2O2. The van der Waals surface area contributed by atoms with Crippen LogP contribution in [-0.2, 0) is 11.2 Å². The van der Waals surface area contributed by atoms with Crippen molar-refractivity contribution >= 4 is 5.97 Å². The molecule has 4 heteroatoms. The van der Waals surface area contributed by atoms with E-state index < -0.39 is 12.0 Å². The number of carbonyl (C=O) groups is 1. The first-order chi connectivity index (χ1) is 8.19.